The summed E-state index contributed by atoms with van der Waals surface area (Å²) in [6.07, 6.45) is 13.3. The van der Waals surface area contributed by atoms with E-state index in [9.17, 15) is 5.11 Å². The maximum Gasteiger partial charge on any atom is 0.169 e. The van der Waals surface area contributed by atoms with Gasteiger partial charge in [0.05, 0.1) is 6.61 Å². The zero-order chi connectivity index (χ0) is 14.3. The van der Waals surface area contributed by atoms with Gasteiger partial charge in [-0.05, 0) is 61.7 Å². The largest absolute Gasteiger partial charge is 0.365 e. The summed E-state index contributed by atoms with van der Waals surface area (Å²) in [7, 11) is 0. The summed E-state index contributed by atoms with van der Waals surface area (Å²) in [4.78, 5) is 0. The fourth-order valence-corrected chi connectivity index (χ4v) is 7.96. The lowest BCUT2D eigenvalue weighted by Gasteiger charge is -2.60. The maximum absolute atomic E-state index is 11.4. The zero-order valence-electron chi connectivity index (χ0n) is 13.4. The van der Waals surface area contributed by atoms with Crippen molar-refractivity contribution in [3.8, 4) is 0 Å². The van der Waals surface area contributed by atoms with Crippen molar-refractivity contribution in [2.45, 2.75) is 76.9 Å². The van der Waals surface area contributed by atoms with E-state index in [-0.39, 0.29) is 0 Å². The summed E-state index contributed by atoms with van der Waals surface area (Å²) in [5.74, 6) is 2.13. The molecule has 0 bridgehead atoms. The van der Waals surface area contributed by atoms with Crippen LogP contribution in [0.2, 0.25) is 0 Å². The minimum absolute atomic E-state index is 0.347. The van der Waals surface area contributed by atoms with E-state index in [1.54, 1.807) is 0 Å². The summed E-state index contributed by atoms with van der Waals surface area (Å²) >= 11 is 0. The first-order valence-electron chi connectivity index (χ1n) is 9.44. The average molecular weight is 290 g/mol. The molecule has 1 N–H and O–H groups in total. The Hall–Kier alpha value is -0.0800. The van der Waals surface area contributed by atoms with Crippen molar-refractivity contribution in [3.05, 3.63) is 0 Å². The van der Waals surface area contributed by atoms with Gasteiger partial charge in [-0.1, -0.05) is 26.2 Å². The molecule has 21 heavy (non-hydrogen) atoms. The minimum Gasteiger partial charge on any atom is -0.365 e. The van der Waals surface area contributed by atoms with Crippen LogP contribution in [0.4, 0.5) is 0 Å². The second-order valence-electron chi connectivity index (χ2n) is 9.36. The summed E-state index contributed by atoms with van der Waals surface area (Å²) in [6, 6.07) is 0. The molecule has 0 amide bonds. The number of aliphatic hydroxyl groups is 1. The van der Waals surface area contributed by atoms with E-state index in [1.165, 1.54) is 57.8 Å². The lowest BCUT2D eigenvalue weighted by molar-refractivity contribution is -0.264. The van der Waals surface area contributed by atoms with Crippen molar-refractivity contribution in [2.24, 2.45) is 34.5 Å². The molecule has 118 valence electrons. The molecule has 5 rings (SSSR count). The minimum atomic E-state index is -0.781. The van der Waals surface area contributed by atoms with Crippen molar-refractivity contribution >= 4 is 0 Å². The summed E-state index contributed by atoms with van der Waals surface area (Å²) in [6.45, 7) is 3.30. The number of ether oxygens (including phenoxy) is 1. The van der Waals surface area contributed by atoms with E-state index in [0.29, 0.717) is 16.7 Å². The normalized spacial score (nSPS) is 62.0. The van der Waals surface area contributed by atoms with Crippen LogP contribution in [0.25, 0.3) is 0 Å². The molecule has 0 aromatic heterocycles. The first kappa shape index (κ1) is 13.4. The van der Waals surface area contributed by atoms with Crippen molar-refractivity contribution in [1.29, 1.82) is 0 Å². The molecule has 0 aromatic carbocycles. The van der Waals surface area contributed by atoms with Gasteiger partial charge >= 0.3 is 0 Å². The highest BCUT2D eigenvalue weighted by Gasteiger charge is 2.70. The van der Waals surface area contributed by atoms with Crippen LogP contribution >= 0.6 is 0 Å². The van der Waals surface area contributed by atoms with Gasteiger partial charge in [0.2, 0.25) is 0 Å². The summed E-state index contributed by atoms with van der Waals surface area (Å²) in [5, 5.41) is 11.4. The summed E-state index contributed by atoms with van der Waals surface area (Å²) < 4.78 is 6.25. The Labute approximate surface area is 128 Å². The van der Waals surface area contributed by atoms with Gasteiger partial charge in [0.15, 0.2) is 5.79 Å². The van der Waals surface area contributed by atoms with Crippen molar-refractivity contribution in [3.63, 3.8) is 0 Å². The van der Waals surface area contributed by atoms with E-state index >= 15 is 0 Å². The molecule has 0 aromatic rings. The fourth-order valence-electron chi connectivity index (χ4n) is 7.96. The second kappa shape index (κ2) is 4.06. The van der Waals surface area contributed by atoms with Crippen LogP contribution in [0, 0.1) is 34.5 Å². The molecule has 7 atom stereocenters. The molecule has 0 radical (unpaired) electrons. The Morgan fingerprint density at radius 2 is 1.90 bits per heavy atom. The molecule has 1 saturated heterocycles. The Balaban J connectivity index is 1.61. The SMILES string of the molecule is C[C@@]12CCC[C@H]1[C@@H]1CCC3CCCC[C@@]34CO[C@@](O)(C2)[C@@H]14. The van der Waals surface area contributed by atoms with Crippen molar-refractivity contribution in [1.82, 2.24) is 0 Å². The average Bonchev–Trinajstić information content (AvgIpc) is 2.98. The predicted octanol–water partition coefficient (Wildman–Crippen LogP) is 4.12. The molecule has 1 aliphatic heterocycles. The Bertz CT molecular complexity index is 462. The number of rotatable bonds is 0. The van der Waals surface area contributed by atoms with E-state index in [2.05, 4.69) is 6.92 Å². The summed E-state index contributed by atoms with van der Waals surface area (Å²) in [5.41, 5.74) is 0.697. The zero-order valence-corrected chi connectivity index (χ0v) is 13.4. The van der Waals surface area contributed by atoms with Gasteiger partial charge < -0.3 is 9.84 Å². The highest BCUT2D eigenvalue weighted by molar-refractivity contribution is 5.16. The molecule has 4 saturated carbocycles. The van der Waals surface area contributed by atoms with E-state index < -0.39 is 5.79 Å². The first-order chi connectivity index (χ1) is 10.1. The molecule has 5 aliphatic rings. The highest BCUT2D eigenvalue weighted by Crippen LogP contribution is 2.71. The van der Waals surface area contributed by atoms with Crippen molar-refractivity contribution in [2.75, 3.05) is 6.61 Å². The van der Waals surface area contributed by atoms with Gasteiger partial charge in [-0.15, -0.1) is 0 Å². The predicted molar refractivity (Wildman–Crippen MR) is 81.6 cm³/mol. The highest BCUT2D eigenvalue weighted by atomic mass is 16.6. The van der Waals surface area contributed by atoms with Crippen LogP contribution in [0.1, 0.15) is 71.1 Å². The molecule has 2 nitrogen and oxygen atoms in total. The van der Waals surface area contributed by atoms with E-state index in [4.69, 9.17) is 4.74 Å². The number of fused-ring (bicyclic) bond motifs is 2. The Morgan fingerprint density at radius 1 is 1.00 bits per heavy atom. The van der Waals surface area contributed by atoms with E-state index in [1.807, 2.05) is 0 Å². The van der Waals surface area contributed by atoms with Crippen LogP contribution in [0.5, 0.6) is 0 Å². The van der Waals surface area contributed by atoms with Crippen LogP contribution in [-0.4, -0.2) is 17.5 Å². The maximum atomic E-state index is 11.4. The van der Waals surface area contributed by atoms with Gasteiger partial charge in [-0.3, -0.25) is 0 Å². The monoisotopic (exact) mass is 290 g/mol. The molecule has 4 aliphatic carbocycles. The lowest BCUT2D eigenvalue weighted by atomic mass is 9.44. The fraction of sp³-hybridized carbons (Fsp3) is 1.00. The van der Waals surface area contributed by atoms with Gasteiger partial charge in [0.1, 0.15) is 0 Å². The smallest absolute Gasteiger partial charge is 0.169 e. The van der Waals surface area contributed by atoms with Crippen LogP contribution < -0.4 is 0 Å². The van der Waals surface area contributed by atoms with Gasteiger partial charge in [0, 0.05) is 17.8 Å². The second-order valence-corrected chi connectivity index (χ2v) is 9.36. The van der Waals surface area contributed by atoms with Crippen LogP contribution in [-0.2, 0) is 4.74 Å². The van der Waals surface area contributed by atoms with Crippen LogP contribution in [0.15, 0.2) is 0 Å². The van der Waals surface area contributed by atoms with Crippen LogP contribution in [0.3, 0.4) is 0 Å². The number of hydrogen-bond acceptors (Lipinski definition) is 2. The molecule has 1 heterocycles. The molecular formula is C19H30O2. The topological polar surface area (TPSA) is 29.5 Å². The number of hydrogen-bond donors (Lipinski definition) is 1. The van der Waals surface area contributed by atoms with Gasteiger partial charge in [-0.2, -0.15) is 0 Å². The lowest BCUT2D eigenvalue weighted by Crippen LogP contribution is -2.60. The third-order valence-corrected chi connectivity index (χ3v) is 8.56. The third-order valence-electron chi connectivity index (χ3n) is 8.56. The van der Waals surface area contributed by atoms with Crippen molar-refractivity contribution < 1.29 is 9.84 Å². The molecule has 1 unspecified atom stereocenters. The quantitative estimate of drug-likeness (QED) is 0.727. The Morgan fingerprint density at radius 3 is 2.81 bits per heavy atom. The molecule has 2 heteroatoms. The third kappa shape index (κ3) is 1.52. The van der Waals surface area contributed by atoms with Gasteiger partial charge in [0.25, 0.3) is 0 Å². The Kier molecular flexibility index (Phi) is 2.58. The first-order valence-corrected chi connectivity index (χ1v) is 9.44. The molecular weight excluding hydrogens is 260 g/mol. The van der Waals surface area contributed by atoms with Gasteiger partial charge in [-0.25, -0.2) is 0 Å². The standard InChI is InChI=1S/C19H30O2/c1-17-9-4-6-15(17)14-8-7-13-5-2-3-10-18(13)12-21-19(20,11-17)16(14)18/h13-16,20H,2-12H2,1H3/t13?,14-,15-,16-,17-,18+,19-/m0/s1. The van der Waals surface area contributed by atoms with E-state index in [0.717, 1.165) is 30.8 Å². The molecule has 5 fully saturated rings. The molecule has 1 spiro atoms.